The van der Waals surface area contributed by atoms with Gasteiger partial charge < -0.3 is 29.8 Å². The predicted molar refractivity (Wildman–Crippen MR) is 173 cm³/mol. The number of aromatic nitrogens is 2. The van der Waals surface area contributed by atoms with E-state index in [9.17, 15) is 9.59 Å². The van der Waals surface area contributed by atoms with Crippen LogP contribution in [-0.4, -0.2) is 77.6 Å². The van der Waals surface area contributed by atoms with Gasteiger partial charge in [-0.3, -0.25) is 14.7 Å². The summed E-state index contributed by atoms with van der Waals surface area (Å²) in [6, 6.07) is 9.68. The first-order valence-electron chi connectivity index (χ1n) is 15.5. The summed E-state index contributed by atoms with van der Waals surface area (Å²) in [5, 5.41) is 9.31. The van der Waals surface area contributed by atoms with Crippen LogP contribution in [0.25, 0.3) is 5.65 Å². The maximum atomic E-state index is 13.3. The lowest BCUT2D eigenvalue weighted by atomic mass is 10.0. The van der Waals surface area contributed by atoms with E-state index in [1.807, 2.05) is 49.6 Å². The van der Waals surface area contributed by atoms with Gasteiger partial charge in [-0.1, -0.05) is 19.1 Å². The van der Waals surface area contributed by atoms with Gasteiger partial charge in [-0.2, -0.15) is 0 Å². The SMILES string of the molecule is CCCN(CCNC(=O)OC(C)(C)C)Cc1ccc2nc(CNC(=O)c3cccc(NC4CCCCO4)c3C=NC)cn2c1. The molecule has 44 heavy (non-hydrogen) atoms. The molecule has 1 saturated heterocycles. The number of hydrogen-bond donors (Lipinski definition) is 3. The Labute approximate surface area is 260 Å². The highest BCUT2D eigenvalue weighted by atomic mass is 16.6. The smallest absolute Gasteiger partial charge is 0.407 e. The zero-order chi connectivity index (χ0) is 31.5. The zero-order valence-electron chi connectivity index (χ0n) is 26.7. The Bertz CT molecular complexity index is 1420. The van der Waals surface area contributed by atoms with Crippen LogP contribution < -0.4 is 16.0 Å². The molecule has 1 atom stereocenters. The number of nitrogens with one attached hydrogen (secondary N) is 3. The predicted octanol–water partition coefficient (Wildman–Crippen LogP) is 4.99. The number of benzene rings is 1. The van der Waals surface area contributed by atoms with Crippen molar-refractivity contribution in [2.45, 2.75) is 78.3 Å². The minimum absolute atomic E-state index is 0.0723. The van der Waals surface area contributed by atoms with Crippen LogP contribution >= 0.6 is 0 Å². The number of amides is 2. The molecule has 3 heterocycles. The second-order valence-corrected chi connectivity index (χ2v) is 12.1. The van der Waals surface area contributed by atoms with E-state index in [0.29, 0.717) is 25.2 Å². The zero-order valence-corrected chi connectivity index (χ0v) is 26.7. The van der Waals surface area contributed by atoms with Crippen LogP contribution in [0.5, 0.6) is 0 Å². The molecule has 238 valence electrons. The summed E-state index contributed by atoms with van der Waals surface area (Å²) < 4.78 is 13.2. The number of pyridine rings is 1. The van der Waals surface area contributed by atoms with Gasteiger partial charge in [-0.15, -0.1) is 0 Å². The van der Waals surface area contributed by atoms with E-state index < -0.39 is 11.7 Å². The van der Waals surface area contributed by atoms with Crippen molar-refractivity contribution in [1.29, 1.82) is 0 Å². The number of alkyl carbamates (subject to hydrolysis) is 1. The van der Waals surface area contributed by atoms with Gasteiger partial charge in [0.2, 0.25) is 0 Å². The molecule has 0 saturated carbocycles. The molecular formula is C33H47N7O4. The number of hydrogen-bond acceptors (Lipinski definition) is 8. The largest absolute Gasteiger partial charge is 0.444 e. The summed E-state index contributed by atoms with van der Waals surface area (Å²) in [5.74, 6) is -0.193. The molecule has 0 radical (unpaired) electrons. The standard InChI is InChI=1S/C33H47N7O4/c1-6-16-39(17-15-35-32(42)44-33(2,3)4)21-24-13-14-29-37-25(23-40(29)22-24)19-36-31(41)26-10-9-11-28(27(26)20-34-5)38-30-12-7-8-18-43-30/h9-11,13-14,20,22-23,30,38H,6-8,12,15-19,21H2,1-5H3,(H,35,42)(H,36,41). The number of rotatable bonds is 13. The Kier molecular flexibility index (Phi) is 11.7. The summed E-state index contributed by atoms with van der Waals surface area (Å²) in [6.45, 7) is 11.6. The molecule has 1 aromatic carbocycles. The van der Waals surface area contributed by atoms with Crippen LogP contribution in [0.3, 0.4) is 0 Å². The van der Waals surface area contributed by atoms with Crippen molar-refractivity contribution in [2.75, 3.05) is 38.6 Å². The highest BCUT2D eigenvalue weighted by Gasteiger charge is 2.19. The lowest BCUT2D eigenvalue weighted by Crippen LogP contribution is -2.38. The number of ether oxygens (including phenoxy) is 2. The van der Waals surface area contributed by atoms with Crippen molar-refractivity contribution in [3.8, 4) is 0 Å². The fourth-order valence-electron chi connectivity index (χ4n) is 5.20. The van der Waals surface area contributed by atoms with Crippen LogP contribution in [0.4, 0.5) is 10.5 Å². The van der Waals surface area contributed by atoms with Crippen LogP contribution in [-0.2, 0) is 22.6 Å². The summed E-state index contributed by atoms with van der Waals surface area (Å²) in [5.41, 5.74) is 4.29. The molecule has 0 bridgehead atoms. The number of carbonyl (C=O) groups is 2. The Morgan fingerprint density at radius 1 is 1.16 bits per heavy atom. The summed E-state index contributed by atoms with van der Waals surface area (Å²) in [6.07, 6.45) is 9.36. The van der Waals surface area contributed by atoms with E-state index in [1.165, 1.54) is 0 Å². The monoisotopic (exact) mass is 605 g/mol. The molecule has 4 rings (SSSR count). The van der Waals surface area contributed by atoms with E-state index in [2.05, 4.69) is 45.0 Å². The normalized spacial score (nSPS) is 15.5. The lowest BCUT2D eigenvalue weighted by molar-refractivity contribution is 0.0343. The first-order valence-corrected chi connectivity index (χ1v) is 15.5. The molecule has 1 fully saturated rings. The van der Waals surface area contributed by atoms with E-state index in [0.717, 1.165) is 73.5 Å². The minimum atomic E-state index is -0.519. The van der Waals surface area contributed by atoms with Gasteiger partial charge in [0.25, 0.3) is 5.91 Å². The molecule has 0 aliphatic carbocycles. The van der Waals surface area contributed by atoms with E-state index >= 15 is 0 Å². The first kappa shape index (κ1) is 32.9. The Morgan fingerprint density at radius 2 is 2.00 bits per heavy atom. The molecular weight excluding hydrogens is 558 g/mol. The molecule has 2 aromatic heterocycles. The van der Waals surface area contributed by atoms with Gasteiger partial charge in [0.1, 0.15) is 17.5 Å². The number of fused-ring (bicyclic) bond motifs is 1. The van der Waals surface area contributed by atoms with Crippen molar-refractivity contribution in [1.82, 2.24) is 24.9 Å². The maximum Gasteiger partial charge on any atom is 0.407 e. The van der Waals surface area contributed by atoms with Crippen molar-refractivity contribution >= 4 is 29.5 Å². The third-order valence-corrected chi connectivity index (χ3v) is 7.14. The van der Waals surface area contributed by atoms with Crippen molar-refractivity contribution in [2.24, 2.45) is 4.99 Å². The summed E-state index contributed by atoms with van der Waals surface area (Å²) >= 11 is 0. The topological polar surface area (TPSA) is 122 Å². The number of carbonyl (C=O) groups excluding carboxylic acids is 2. The molecule has 11 heteroatoms. The van der Waals surface area contributed by atoms with Gasteiger partial charge in [-0.25, -0.2) is 9.78 Å². The van der Waals surface area contributed by atoms with Gasteiger partial charge >= 0.3 is 6.09 Å². The van der Waals surface area contributed by atoms with Crippen LogP contribution in [0, 0.1) is 0 Å². The number of imidazole rings is 1. The first-order chi connectivity index (χ1) is 21.1. The quantitative estimate of drug-likeness (QED) is 0.235. The summed E-state index contributed by atoms with van der Waals surface area (Å²) in [4.78, 5) is 36.5. The van der Waals surface area contributed by atoms with E-state index in [-0.39, 0.29) is 12.1 Å². The second-order valence-electron chi connectivity index (χ2n) is 12.1. The Morgan fingerprint density at radius 3 is 2.73 bits per heavy atom. The molecule has 3 aromatic rings. The number of anilines is 1. The Hall–Kier alpha value is -3.96. The summed E-state index contributed by atoms with van der Waals surface area (Å²) in [7, 11) is 1.70. The molecule has 1 aliphatic rings. The number of aliphatic imine (C=N–C) groups is 1. The van der Waals surface area contributed by atoms with Crippen molar-refractivity contribution < 1.29 is 19.1 Å². The average Bonchev–Trinajstić information content (AvgIpc) is 3.39. The molecule has 1 unspecified atom stereocenters. The second kappa shape index (κ2) is 15.7. The third kappa shape index (κ3) is 9.78. The molecule has 1 aliphatic heterocycles. The van der Waals surface area contributed by atoms with Gasteiger partial charge in [-0.05, 0) is 76.8 Å². The minimum Gasteiger partial charge on any atom is -0.444 e. The molecule has 3 N–H and O–H groups in total. The highest BCUT2D eigenvalue weighted by Crippen LogP contribution is 2.23. The van der Waals surface area contributed by atoms with E-state index in [4.69, 9.17) is 14.5 Å². The fourth-order valence-corrected chi connectivity index (χ4v) is 5.20. The Balaban J connectivity index is 1.37. The fraction of sp³-hybridized carbons (Fsp3) is 0.515. The molecule has 2 amide bonds. The maximum absolute atomic E-state index is 13.3. The third-order valence-electron chi connectivity index (χ3n) is 7.14. The average molecular weight is 606 g/mol. The lowest BCUT2D eigenvalue weighted by Gasteiger charge is -2.25. The van der Waals surface area contributed by atoms with Crippen molar-refractivity contribution in [3.05, 3.63) is 65.1 Å². The number of nitrogens with zero attached hydrogens (tertiary/aromatic N) is 4. The van der Waals surface area contributed by atoms with Gasteiger partial charge in [0.05, 0.1) is 17.8 Å². The molecule has 11 nitrogen and oxygen atoms in total. The van der Waals surface area contributed by atoms with Crippen LogP contribution in [0.15, 0.2) is 47.7 Å². The van der Waals surface area contributed by atoms with Gasteiger partial charge in [0.15, 0.2) is 0 Å². The molecule has 0 spiro atoms. The highest BCUT2D eigenvalue weighted by molar-refractivity contribution is 6.05. The van der Waals surface area contributed by atoms with Gasteiger partial charge in [0, 0.05) is 63.1 Å². The van der Waals surface area contributed by atoms with E-state index in [1.54, 1.807) is 19.3 Å². The van der Waals surface area contributed by atoms with Crippen LogP contribution in [0.1, 0.15) is 80.6 Å². The van der Waals surface area contributed by atoms with Crippen LogP contribution in [0.2, 0.25) is 0 Å². The van der Waals surface area contributed by atoms with Crippen molar-refractivity contribution in [3.63, 3.8) is 0 Å².